The fourth-order valence-corrected chi connectivity index (χ4v) is 6.50. The van der Waals surface area contributed by atoms with Crippen molar-refractivity contribution in [3.8, 4) is 17.0 Å². The minimum atomic E-state index is -0.712. The van der Waals surface area contributed by atoms with Gasteiger partial charge in [-0.2, -0.15) is 0 Å². The third-order valence-electron chi connectivity index (χ3n) is 8.85. The van der Waals surface area contributed by atoms with E-state index in [2.05, 4.69) is 45.0 Å². The van der Waals surface area contributed by atoms with Crippen LogP contribution in [-0.4, -0.2) is 63.8 Å². The molecule has 0 bridgehead atoms. The second-order valence-corrected chi connectivity index (χ2v) is 11.7. The van der Waals surface area contributed by atoms with Crippen LogP contribution < -0.4 is 10.1 Å². The fraction of sp³-hybridized carbons (Fsp3) is 0.424. The SMILES string of the molecule is COc1ccccc1-c1nc(C)cc(C(=O)Nc2nc3cc(C4CCN(C)CC4)ccc3n2[C@H]2CC[C@@H](O)CC2)c1F. The van der Waals surface area contributed by atoms with E-state index >= 15 is 4.39 Å². The standard InChI is InChI=1S/C33H38FN5O3/c1-20-18-26(30(34)31(35-20)25-6-4-5-7-29(25)42-3)32(41)37-33-36-27-19-22(21-14-16-38(2)17-15-21)8-13-28(27)39(33)23-9-11-24(40)12-10-23/h4-8,13,18-19,21,23-24,40H,9-12,14-17H2,1-3H3,(H,36,37,41)/t23-,24+. The van der Waals surface area contributed by atoms with Crippen LogP contribution in [0.1, 0.15) is 72.1 Å². The number of aliphatic hydroxyl groups excluding tert-OH is 1. The quantitative estimate of drug-likeness (QED) is 0.291. The molecular weight excluding hydrogens is 533 g/mol. The number of pyridine rings is 1. The van der Waals surface area contributed by atoms with Crippen molar-refractivity contribution in [3.05, 3.63) is 71.2 Å². The van der Waals surface area contributed by atoms with Crippen LogP contribution in [0.3, 0.4) is 0 Å². The lowest BCUT2D eigenvalue weighted by Gasteiger charge is -2.29. The summed E-state index contributed by atoms with van der Waals surface area (Å²) in [5, 5.41) is 13.1. The molecule has 0 radical (unpaired) electrons. The Bertz CT molecular complexity index is 1600. The largest absolute Gasteiger partial charge is 0.496 e. The van der Waals surface area contributed by atoms with E-state index in [9.17, 15) is 9.90 Å². The van der Waals surface area contributed by atoms with Gasteiger partial charge in [-0.05, 0) is 107 Å². The number of fused-ring (bicyclic) bond motifs is 1. The Labute approximate surface area is 245 Å². The van der Waals surface area contributed by atoms with Gasteiger partial charge in [0.25, 0.3) is 5.91 Å². The number of nitrogens with one attached hydrogen (secondary N) is 1. The third-order valence-corrected chi connectivity index (χ3v) is 8.85. The van der Waals surface area contributed by atoms with Gasteiger partial charge in [0.05, 0.1) is 29.8 Å². The highest BCUT2D eigenvalue weighted by molar-refractivity contribution is 6.05. The number of hydrogen-bond acceptors (Lipinski definition) is 6. The second kappa shape index (κ2) is 11.8. The van der Waals surface area contributed by atoms with Crippen LogP contribution in [0.2, 0.25) is 0 Å². The van der Waals surface area contributed by atoms with E-state index in [0.29, 0.717) is 41.7 Å². The first-order valence-electron chi connectivity index (χ1n) is 14.8. The van der Waals surface area contributed by atoms with Crippen LogP contribution in [-0.2, 0) is 0 Å². The molecule has 42 heavy (non-hydrogen) atoms. The van der Waals surface area contributed by atoms with E-state index in [1.54, 1.807) is 31.2 Å². The molecule has 0 unspecified atom stereocenters. The number of carbonyl (C=O) groups excluding carboxylic acids is 1. The lowest BCUT2D eigenvalue weighted by molar-refractivity contribution is 0.101. The van der Waals surface area contributed by atoms with Crippen molar-refractivity contribution in [2.45, 2.75) is 63.5 Å². The van der Waals surface area contributed by atoms with Crippen molar-refractivity contribution in [1.29, 1.82) is 0 Å². The minimum Gasteiger partial charge on any atom is -0.496 e. The number of aliphatic hydroxyl groups is 1. The van der Waals surface area contributed by atoms with Crippen LogP contribution in [0, 0.1) is 12.7 Å². The Balaban J connectivity index is 1.38. The number of hydrogen-bond donors (Lipinski definition) is 2. The predicted octanol–water partition coefficient (Wildman–Crippen LogP) is 6.09. The van der Waals surface area contributed by atoms with Gasteiger partial charge in [0.2, 0.25) is 5.95 Å². The molecule has 0 atom stereocenters. The van der Waals surface area contributed by atoms with Gasteiger partial charge in [0.15, 0.2) is 5.82 Å². The van der Waals surface area contributed by atoms with Crippen LogP contribution in [0.4, 0.5) is 10.3 Å². The zero-order valence-electron chi connectivity index (χ0n) is 24.4. The van der Waals surface area contributed by atoms with E-state index in [0.717, 1.165) is 49.8 Å². The van der Waals surface area contributed by atoms with E-state index in [1.165, 1.54) is 18.7 Å². The molecule has 1 aliphatic heterocycles. The molecule has 9 heteroatoms. The number of para-hydroxylation sites is 1. The summed E-state index contributed by atoms with van der Waals surface area (Å²) in [6, 6.07) is 15.0. The van der Waals surface area contributed by atoms with E-state index in [-0.39, 0.29) is 23.4 Å². The summed E-state index contributed by atoms with van der Waals surface area (Å²) in [5.41, 5.74) is 3.96. The molecule has 1 saturated heterocycles. The maximum Gasteiger partial charge on any atom is 0.261 e. The average Bonchev–Trinajstić information content (AvgIpc) is 3.35. The molecule has 1 amide bonds. The number of anilines is 1. The van der Waals surface area contributed by atoms with Crippen LogP contribution >= 0.6 is 0 Å². The number of nitrogens with zero attached hydrogens (tertiary/aromatic N) is 4. The van der Waals surface area contributed by atoms with Crippen molar-refractivity contribution in [3.63, 3.8) is 0 Å². The van der Waals surface area contributed by atoms with Gasteiger partial charge in [-0.1, -0.05) is 18.2 Å². The number of amides is 1. The number of carbonyl (C=O) groups is 1. The van der Waals surface area contributed by atoms with Crippen molar-refractivity contribution < 1.29 is 19.0 Å². The Morgan fingerprint density at radius 3 is 2.50 bits per heavy atom. The van der Waals surface area contributed by atoms with Crippen molar-refractivity contribution >= 4 is 22.9 Å². The normalized spacial score (nSPS) is 20.1. The topological polar surface area (TPSA) is 92.5 Å². The molecular formula is C33H38FN5O3. The summed E-state index contributed by atoms with van der Waals surface area (Å²) in [7, 11) is 3.68. The summed E-state index contributed by atoms with van der Waals surface area (Å²) in [5.74, 6) is 0.0424. The molecule has 220 valence electrons. The molecule has 2 aromatic carbocycles. The Kier molecular flexibility index (Phi) is 7.96. The number of imidazole rings is 1. The van der Waals surface area contributed by atoms with E-state index < -0.39 is 11.7 Å². The number of halogens is 1. The molecule has 1 saturated carbocycles. The monoisotopic (exact) mass is 571 g/mol. The van der Waals surface area contributed by atoms with Gasteiger partial charge in [0.1, 0.15) is 11.4 Å². The summed E-state index contributed by atoms with van der Waals surface area (Å²) < 4.78 is 23.5. The molecule has 2 N–H and O–H groups in total. The Morgan fingerprint density at radius 2 is 1.76 bits per heavy atom. The van der Waals surface area contributed by atoms with Gasteiger partial charge in [0, 0.05) is 17.3 Å². The number of methoxy groups -OCH3 is 1. The van der Waals surface area contributed by atoms with Gasteiger partial charge in [-0.3, -0.25) is 10.1 Å². The van der Waals surface area contributed by atoms with Gasteiger partial charge in [-0.25, -0.2) is 14.4 Å². The molecule has 3 heterocycles. The highest BCUT2D eigenvalue weighted by Crippen LogP contribution is 2.37. The van der Waals surface area contributed by atoms with Crippen molar-refractivity contribution in [2.24, 2.45) is 0 Å². The molecule has 6 rings (SSSR count). The summed E-state index contributed by atoms with van der Waals surface area (Å²) in [6.45, 7) is 3.87. The lowest BCUT2D eigenvalue weighted by Crippen LogP contribution is -2.29. The van der Waals surface area contributed by atoms with Crippen LogP contribution in [0.15, 0.2) is 48.5 Å². The first-order valence-corrected chi connectivity index (χ1v) is 14.8. The number of aryl methyl sites for hydroxylation is 1. The lowest BCUT2D eigenvalue weighted by atomic mass is 9.89. The molecule has 8 nitrogen and oxygen atoms in total. The maximum atomic E-state index is 16.0. The number of aromatic nitrogens is 3. The summed E-state index contributed by atoms with van der Waals surface area (Å²) in [4.78, 5) is 25.4. The van der Waals surface area contributed by atoms with Crippen molar-refractivity contribution in [2.75, 3.05) is 32.6 Å². The molecule has 4 aromatic rings. The number of benzene rings is 2. The molecule has 2 aromatic heterocycles. The maximum absolute atomic E-state index is 16.0. The van der Waals surface area contributed by atoms with Gasteiger partial charge < -0.3 is 19.3 Å². The highest BCUT2D eigenvalue weighted by atomic mass is 19.1. The molecule has 2 fully saturated rings. The molecule has 2 aliphatic rings. The number of ether oxygens (including phenoxy) is 1. The van der Waals surface area contributed by atoms with Crippen LogP contribution in [0.25, 0.3) is 22.3 Å². The summed E-state index contributed by atoms with van der Waals surface area (Å²) in [6.07, 6.45) is 4.80. The average molecular weight is 572 g/mol. The van der Waals surface area contributed by atoms with Gasteiger partial charge in [-0.15, -0.1) is 0 Å². The predicted molar refractivity (Wildman–Crippen MR) is 162 cm³/mol. The van der Waals surface area contributed by atoms with E-state index in [4.69, 9.17) is 9.72 Å². The Morgan fingerprint density at radius 1 is 1.02 bits per heavy atom. The number of rotatable bonds is 6. The molecule has 1 aliphatic carbocycles. The minimum absolute atomic E-state index is 0.0649. The first kappa shape index (κ1) is 28.3. The van der Waals surface area contributed by atoms with Gasteiger partial charge >= 0.3 is 0 Å². The zero-order valence-corrected chi connectivity index (χ0v) is 24.4. The summed E-state index contributed by atoms with van der Waals surface area (Å²) >= 11 is 0. The third kappa shape index (κ3) is 5.51. The first-order chi connectivity index (χ1) is 20.3. The van der Waals surface area contributed by atoms with Crippen molar-refractivity contribution in [1.82, 2.24) is 19.4 Å². The Hall–Kier alpha value is -3.82. The van der Waals surface area contributed by atoms with E-state index in [1.807, 2.05) is 0 Å². The van der Waals surface area contributed by atoms with Crippen LogP contribution in [0.5, 0.6) is 5.75 Å². The number of likely N-dealkylation sites (tertiary alicyclic amines) is 1. The molecule has 0 spiro atoms. The highest BCUT2D eigenvalue weighted by Gasteiger charge is 2.28. The smallest absolute Gasteiger partial charge is 0.261 e. The number of piperidine rings is 1. The zero-order chi connectivity index (χ0) is 29.4. The fourth-order valence-electron chi connectivity index (χ4n) is 6.50. The second-order valence-electron chi connectivity index (χ2n) is 11.7.